The predicted octanol–water partition coefficient (Wildman–Crippen LogP) is 1.08. The summed E-state index contributed by atoms with van der Waals surface area (Å²) in [5, 5.41) is 13.3. The molecule has 1 fully saturated rings. The minimum Gasteiger partial charge on any atom is -0.399 e. The van der Waals surface area contributed by atoms with E-state index in [4.69, 9.17) is 11.5 Å². The molecule has 98 valence electrons. The van der Waals surface area contributed by atoms with Gasteiger partial charge in [-0.2, -0.15) is 0 Å². The third-order valence-corrected chi connectivity index (χ3v) is 3.45. The van der Waals surface area contributed by atoms with Gasteiger partial charge in [0.2, 0.25) is 0 Å². The lowest BCUT2D eigenvalue weighted by Crippen LogP contribution is -2.34. The van der Waals surface area contributed by atoms with Gasteiger partial charge in [-0.05, 0) is 31.0 Å². The largest absolute Gasteiger partial charge is 0.399 e. The van der Waals surface area contributed by atoms with Crippen LogP contribution in [-0.4, -0.2) is 23.2 Å². The van der Waals surface area contributed by atoms with Crippen LogP contribution >= 0.6 is 0 Å². The van der Waals surface area contributed by atoms with Gasteiger partial charge < -0.3 is 21.9 Å². The van der Waals surface area contributed by atoms with Crippen LogP contribution in [0.4, 0.5) is 11.4 Å². The molecular weight excluding hydrogens is 230 g/mol. The van der Waals surface area contributed by atoms with Gasteiger partial charge in [-0.15, -0.1) is 0 Å². The Labute approximate surface area is 106 Å². The first kappa shape index (κ1) is 12.7. The van der Waals surface area contributed by atoms with E-state index in [-0.39, 0.29) is 0 Å². The Kier molecular flexibility index (Phi) is 3.43. The van der Waals surface area contributed by atoms with E-state index >= 15 is 0 Å². The molecule has 0 unspecified atom stereocenters. The van der Waals surface area contributed by atoms with Crippen LogP contribution in [0.3, 0.4) is 0 Å². The van der Waals surface area contributed by atoms with Crippen molar-refractivity contribution in [3.63, 3.8) is 0 Å². The summed E-state index contributed by atoms with van der Waals surface area (Å²) in [6, 6.07) is 4.90. The summed E-state index contributed by atoms with van der Waals surface area (Å²) < 4.78 is 0. The van der Waals surface area contributed by atoms with E-state index in [0.717, 1.165) is 25.7 Å². The van der Waals surface area contributed by atoms with Crippen molar-refractivity contribution < 1.29 is 9.90 Å². The highest BCUT2D eigenvalue weighted by molar-refractivity contribution is 5.99. The van der Waals surface area contributed by atoms with Gasteiger partial charge in [0, 0.05) is 17.9 Å². The van der Waals surface area contributed by atoms with Crippen molar-refractivity contribution in [1.82, 2.24) is 0 Å². The molecule has 2 rings (SSSR count). The molecule has 1 amide bonds. The molecule has 5 nitrogen and oxygen atoms in total. The molecule has 6 N–H and O–H groups in total. The van der Waals surface area contributed by atoms with Crippen molar-refractivity contribution in [3.8, 4) is 0 Å². The number of amides is 1. The quantitative estimate of drug-likeness (QED) is 0.600. The summed E-state index contributed by atoms with van der Waals surface area (Å²) in [5.74, 6) is -0.504. The van der Waals surface area contributed by atoms with Gasteiger partial charge in [0.25, 0.3) is 5.91 Å². The molecule has 0 bridgehead atoms. The van der Waals surface area contributed by atoms with Crippen LogP contribution in [0.2, 0.25) is 0 Å². The number of rotatable bonds is 4. The SMILES string of the molecule is NC(=O)c1ccc(N)cc1NCC1(O)CCCC1. The minimum absolute atomic E-state index is 0.394. The molecule has 0 radical (unpaired) electrons. The van der Waals surface area contributed by atoms with Gasteiger partial charge in [-0.3, -0.25) is 4.79 Å². The second-order valence-electron chi connectivity index (χ2n) is 4.95. The van der Waals surface area contributed by atoms with E-state index < -0.39 is 11.5 Å². The Bertz CT molecular complexity index is 454. The fraction of sp³-hybridized carbons (Fsp3) is 0.462. The maximum absolute atomic E-state index is 11.3. The topological polar surface area (TPSA) is 101 Å². The molecule has 0 saturated heterocycles. The van der Waals surface area contributed by atoms with Crippen molar-refractivity contribution in [3.05, 3.63) is 23.8 Å². The number of primary amides is 1. The molecule has 1 aliphatic carbocycles. The maximum Gasteiger partial charge on any atom is 0.250 e. The Hall–Kier alpha value is -1.75. The van der Waals surface area contributed by atoms with Crippen molar-refractivity contribution in [2.75, 3.05) is 17.6 Å². The average Bonchev–Trinajstić information content (AvgIpc) is 2.74. The van der Waals surface area contributed by atoms with Crippen LogP contribution in [0.25, 0.3) is 0 Å². The average molecular weight is 249 g/mol. The Morgan fingerprint density at radius 3 is 2.67 bits per heavy atom. The zero-order valence-electron chi connectivity index (χ0n) is 10.3. The van der Waals surface area contributed by atoms with Crippen LogP contribution in [0, 0.1) is 0 Å². The molecule has 18 heavy (non-hydrogen) atoms. The van der Waals surface area contributed by atoms with Crippen LogP contribution in [0.5, 0.6) is 0 Å². The second kappa shape index (κ2) is 4.86. The van der Waals surface area contributed by atoms with Crippen molar-refractivity contribution in [1.29, 1.82) is 0 Å². The number of anilines is 2. The van der Waals surface area contributed by atoms with Gasteiger partial charge in [0.15, 0.2) is 0 Å². The van der Waals surface area contributed by atoms with Crippen molar-refractivity contribution in [2.45, 2.75) is 31.3 Å². The number of aliphatic hydroxyl groups is 1. The first-order valence-electron chi connectivity index (χ1n) is 6.16. The first-order chi connectivity index (χ1) is 8.50. The third-order valence-electron chi connectivity index (χ3n) is 3.45. The van der Waals surface area contributed by atoms with E-state index in [1.54, 1.807) is 18.2 Å². The molecule has 0 aliphatic heterocycles. The number of nitrogen functional groups attached to an aromatic ring is 1. The molecule has 5 heteroatoms. The van der Waals surface area contributed by atoms with Gasteiger partial charge in [0.1, 0.15) is 0 Å². The summed E-state index contributed by atoms with van der Waals surface area (Å²) >= 11 is 0. The zero-order chi connectivity index (χ0) is 13.2. The fourth-order valence-electron chi connectivity index (χ4n) is 2.39. The van der Waals surface area contributed by atoms with Gasteiger partial charge >= 0.3 is 0 Å². The number of hydrogen-bond acceptors (Lipinski definition) is 4. The van der Waals surface area contributed by atoms with Crippen molar-refractivity contribution in [2.24, 2.45) is 5.73 Å². The van der Waals surface area contributed by atoms with E-state index in [1.165, 1.54) is 0 Å². The molecule has 0 heterocycles. The summed E-state index contributed by atoms with van der Waals surface area (Å²) in [6.45, 7) is 0.413. The van der Waals surface area contributed by atoms with Crippen LogP contribution in [0.1, 0.15) is 36.0 Å². The summed E-state index contributed by atoms with van der Waals surface area (Å²) in [6.07, 6.45) is 3.65. The number of hydrogen-bond donors (Lipinski definition) is 4. The zero-order valence-corrected chi connectivity index (χ0v) is 10.3. The monoisotopic (exact) mass is 249 g/mol. The van der Waals surface area contributed by atoms with E-state index in [1.807, 2.05) is 0 Å². The Morgan fingerprint density at radius 2 is 2.06 bits per heavy atom. The lowest BCUT2D eigenvalue weighted by Gasteiger charge is -2.23. The smallest absolute Gasteiger partial charge is 0.250 e. The normalized spacial score (nSPS) is 17.6. The number of carbonyl (C=O) groups excluding carboxylic acids is 1. The lowest BCUT2D eigenvalue weighted by atomic mass is 10.0. The third kappa shape index (κ3) is 2.73. The van der Waals surface area contributed by atoms with E-state index in [2.05, 4.69) is 5.32 Å². The highest BCUT2D eigenvalue weighted by Crippen LogP contribution is 2.30. The van der Waals surface area contributed by atoms with E-state index in [0.29, 0.717) is 23.5 Å². The molecule has 1 aliphatic rings. The minimum atomic E-state index is -0.681. The Morgan fingerprint density at radius 1 is 1.39 bits per heavy atom. The second-order valence-corrected chi connectivity index (χ2v) is 4.95. The number of benzene rings is 1. The molecule has 1 saturated carbocycles. The summed E-state index contributed by atoms with van der Waals surface area (Å²) in [4.78, 5) is 11.3. The Balaban J connectivity index is 2.12. The maximum atomic E-state index is 11.3. The fourth-order valence-corrected chi connectivity index (χ4v) is 2.39. The van der Waals surface area contributed by atoms with E-state index in [9.17, 15) is 9.90 Å². The molecule has 0 spiro atoms. The number of carbonyl (C=O) groups is 1. The lowest BCUT2D eigenvalue weighted by molar-refractivity contribution is 0.0614. The van der Waals surface area contributed by atoms with Crippen LogP contribution in [-0.2, 0) is 0 Å². The van der Waals surface area contributed by atoms with Gasteiger partial charge in [-0.1, -0.05) is 12.8 Å². The summed E-state index contributed by atoms with van der Waals surface area (Å²) in [5.41, 5.74) is 11.8. The van der Waals surface area contributed by atoms with Crippen LogP contribution in [0.15, 0.2) is 18.2 Å². The molecule has 1 aromatic carbocycles. The number of nitrogens with two attached hydrogens (primary N) is 2. The van der Waals surface area contributed by atoms with Gasteiger partial charge in [0.05, 0.1) is 11.2 Å². The summed E-state index contributed by atoms with van der Waals surface area (Å²) in [7, 11) is 0. The molecule has 1 aromatic rings. The molecule has 0 atom stereocenters. The molecule has 0 aromatic heterocycles. The van der Waals surface area contributed by atoms with Gasteiger partial charge in [-0.25, -0.2) is 0 Å². The number of nitrogens with one attached hydrogen (secondary N) is 1. The highest BCUT2D eigenvalue weighted by Gasteiger charge is 2.30. The first-order valence-corrected chi connectivity index (χ1v) is 6.16. The van der Waals surface area contributed by atoms with Crippen molar-refractivity contribution >= 4 is 17.3 Å². The molecular formula is C13H19N3O2. The van der Waals surface area contributed by atoms with Crippen LogP contribution < -0.4 is 16.8 Å². The highest BCUT2D eigenvalue weighted by atomic mass is 16.3. The predicted molar refractivity (Wildman–Crippen MR) is 71.3 cm³/mol. The standard InChI is InChI=1S/C13H19N3O2/c14-9-3-4-10(12(15)17)11(7-9)16-8-13(18)5-1-2-6-13/h3-4,7,16,18H,1-2,5-6,8,14H2,(H2,15,17).